The van der Waals surface area contributed by atoms with Gasteiger partial charge in [0.2, 0.25) is 5.95 Å². The van der Waals surface area contributed by atoms with E-state index in [-0.39, 0.29) is 0 Å². The Morgan fingerprint density at radius 1 is 0.622 bits per heavy atom. The Balaban J connectivity index is 1.49. The quantitative estimate of drug-likeness (QED) is 0.205. The van der Waals surface area contributed by atoms with E-state index in [9.17, 15) is 0 Å². The fourth-order valence-electron chi connectivity index (χ4n) is 3.34. The van der Waals surface area contributed by atoms with Crippen molar-refractivity contribution in [2.45, 2.75) is 0 Å². The molecule has 1 aromatic heterocycles. The summed E-state index contributed by atoms with van der Waals surface area (Å²) < 4.78 is 0. The van der Waals surface area contributed by atoms with Crippen LogP contribution in [0.4, 0.5) is 34.6 Å². The monoisotopic (exact) mass is 493 g/mol. The summed E-state index contributed by atoms with van der Waals surface area (Å²) >= 11 is 0. The first-order valence-electron chi connectivity index (χ1n) is 11.8. The minimum Gasteiger partial charge on any atom is -0.378 e. The van der Waals surface area contributed by atoms with E-state index in [4.69, 9.17) is 0 Å². The van der Waals surface area contributed by atoms with Crippen molar-refractivity contribution < 1.29 is 0 Å². The van der Waals surface area contributed by atoms with Crippen LogP contribution in [-0.2, 0) is 0 Å². The Kier molecular flexibility index (Phi) is 8.28. The van der Waals surface area contributed by atoms with Crippen LogP contribution in [0.2, 0.25) is 0 Å². The lowest BCUT2D eigenvalue weighted by Crippen LogP contribution is -2.08. The predicted molar refractivity (Wildman–Crippen MR) is 156 cm³/mol. The number of nitrogens with zero attached hydrogens (tertiary/aromatic N) is 6. The minimum atomic E-state index is 0.329. The highest BCUT2D eigenvalue weighted by atomic mass is 15.4. The zero-order valence-corrected chi connectivity index (χ0v) is 21.4. The molecule has 0 unspecified atom stereocenters. The molecule has 3 N–H and O–H groups in total. The molecule has 0 spiro atoms. The van der Waals surface area contributed by atoms with Crippen LogP contribution in [0, 0.1) is 0 Å². The van der Waals surface area contributed by atoms with Crippen LogP contribution in [0.25, 0.3) is 0 Å². The predicted octanol–water partition coefficient (Wildman–Crippen LogP) is 5.24. The molecule has 1 heterocycles. The van der Waals surface area contributed by atoms with Crippen molar-refractivity contribution in [1.82, 2.24) is 9.97 Å². The Labute approximate surface area is 217 Å². The van der Waals surface area contributed by atoms with Gasteiger partial charge in [-0.3, -0.25) is 5.43 Å². The SMILES string of the molecule is CN(C)c1ccc(C=NNc2cc(Nc3ccccc3)nc(NN=Cc3ccc(N(C)C)cc3)n2)cc1. The van der Waals surface area contributed by atoms with Gasteiger partial charge in [-0.2, -0.15) is 20.2 Å². The van der Waals surface area contributed by atoms with E-state index in [1.54, 1.807) is 18.5 Å². The molecule has 0 atom stereocenters. The maximum Gasteiger partial charge on any atom is 0.247 e. The first-order valence-corrected chi connectivity index (χ1v) is 11.8. The van der Waals surface area contributed by atoms with Gasteiger partial charge in [0.15, 0.2) is 5.82 Å². The molecule has 0 aliphatic carbocycles. The lowest BCUT2D eigenvalue weighted by atomic mass is 10.2. The smallest absolute Gasteiger partial charge is 0.247 e. The average Bonchev–Trinajstić information content (AvgIpc) is 2.90. The van der Waals surface area contributed by atoms with Crippen LogP contribution in [0.3, 0.4) is 0 Å². The molecule has 9 nitrogen and oxygen atoms in total. The molecule has 0 fully saturated rings. The Bertz CT molecular complexity index is 1250. The van der Waals surface area contributed by atoms with Crippen molar-refractivity contribution in [2.24, 2.45) is 10.2 Å². The van der Waals surface area contributed by atoms with Gasteiger partial charge in [0.1, 0.15) is 5.82 Å². The summed E-state index contributed by atoms with van der Waals surface area (Å²) in [6, 6.07) is 27.8. The van der Waals surface area contributed by atoms with Crippen molar-refractivity contribution in [3.8, 4) is 0 Å². The van der Waals surface area contributed by atoms with Gasteiger partial charge >= 0.3 is 0 Å². The molecular formula is C28H31N9. The van der Waals surface area contributed by atoms with E-state index in [0.717, 1.165) is 28.2 Å². The third-order valence-electron chi connectivity index (χ3n) is 5.36. The molecule has 0 aliphatic rings. The highest BCUT2D eigenvalue weighted by Gasteiger charge is 2.05. The summed E-state index contributed by atoms with van der Waals surface area (Å²) in [6.07, 6.45) is 3.47. The number of aromatic nitrogens is 2. The normalized spacial score (nSPS) is 11.0. The third-order valence-corrected chi connectivity index (χ3v) is 5.36. The minimum absolute atomic E-state index is 0.329. The zero-order chi connectivity index (χ0) is 26.0. The lowest BCUT2D eigenvalue weighted by molar-refractivity contribution is 1.10. The van der Waals surface area contributed by atoms with Crippen molar-refractivity contribution in [2.75, 3.05) is 54.2 Å². The standard InChI is InChI=1S/C28H31N9/c1-36(2)24-14-10-21(11-15-24)19-29-34-27-18-26(31-23-8-6-5-7-9-23)32-28(33-27)35-30-20-22-12-16-25(17-13-22)37(3)4/h5-20H,1-4H3,(H3,31,32,33,34,35). The number of anilines is 6. The van der Waals surface area contributed by atoms with Gasteiger partial charge in [0, 0.05) is 51.3 Å². The summed E-state index contributed by atoms with van der Waals surface area (Å²) in [6.45, 7) is 0. The summed E-state index contributed by atoms with van der Waals surface area (Å²) in [7, 11) is 8.04. The first-order chi connectivity index (χ1) is 18.0. The number of hydrogen-bond acceptors (Lipinski definition) is 9. The lowest BCUT2D eigenvalue weighted by Gasteiger charge is -2.12. The summed E-state index contributed by atoms with van der Waals surface area (Å²) in [5.41, 5.74) is 11.0. The second-order valence-corrected chi connectivity index (χ2v) is 8.66. The van der Waals surface area contributed by atoms with Crippen LogP contribution in [0.15, 0.2) is 95.1 Å². The number of hydrogen-bond donors (Lipinski definition) is 3. The largest absolute Gasteiger partial charge is 0.378 e. The fraction of sp³-hybridized carbons (Fsp3) is 0.143. The third kappa shape index (κ3) is 7.53. The molecule has 3 aromatic carbocycles. The van der Waals surface area contributed by atoms with Crippen LogP contribution in [-0.4, -0.2) is 50.6 Å². The maximum absolute atomic E-state index is 4.54. The Morgan fingerprint density at radius 2 is 1.14 bits per heavy atom. The highest BCUT2D eigenvalue weighted by molar-refractivity contribution is 5.81. The summed E-state index contributed by atoms with van der Waals surface area (Å²) in [4.78, 5) is 13.1. The zero-order valence-electron chi connectivity index (χ0n) is 21.4. The molecular weight excluding hydrogens is 462 g/mol. The van der Waals surface area contributed by atoms with Crippen molar-refractivity contribution in [3.05, 3.63) is 96.1 Å². The van der Waals surface area contributed by atoms with E-state index >= 15 is 0 Å². The van der Waals surface area contributed by atoms with E-state index in [1.807, 2.05) is 112 Å². The number of para-hydroxylation sites is 1. The highest BCUT2D eigenvalue weighted by Crippen LogP contribution is 2.19. The molecule has 4 rings (SSSR count). The van der Waals surface area contributed by atoms with E-state index in [1.165, 1.54) is 0 Å². The fourth-order valence-corrected chi connectivity index (χ4v) is 3.34. The molecule has 9 heteroatoms. The summed E-state index contributed by atoms with van der Waals surface area (Å²) in [5.74, 6) is 1.44. The van der Waals surface area contributed by atoms with Gasteiger partial charge in [0.05, 0.1) is 12.4 Å². The molecule has 0 aliphatic heterocycles. The van der Waals surface area contributed by atoms with Gasteiger partial charge in [-0.15, -0.1) is 0 Å². The van der Waals surface area contributed by atoms with E-state index in [2.05, 4.69) is 41.2 Å². The second-order valence-electron chi connectivity index (χ2n) is 8.66. The first kappa shape index (κ1) is 25.2. The van der Waals surface area contributed by atoms with Gasteiger partial charge in [0.25, 0.3) is 0 Å². The van der Waals surface area contributed by atoms with Gasteiger partial charge < -0.3 is 15.1 Å². The van der Waals surface area contributed by atoms with Gasteiger partial charge in [-0.05, 0) is 47.5 Å². The number of hydrazone groups is 2. The molecule has 0 bridgehead atoms. The average molecular weight is 494 g/mol. The van der Waals surface area contributed by atoms with E-state index < -0.39 is 0 Å². The van der Waals surface area contributed by atoms with Crippen molar-refractivity contribution >= 4 is 47.1 Å². The summed E-state index contributed by atoms with van der Waals surface area (Å²) in [5, 5.41) is 12.0. The molecule has 0 amide bonds. The Morgan fingerprint density at radius 3 is 1.68 bits per heavy atom. The Hall–Kier alpha value is -4.92. The second kappa shape index (κ2) is 12.2. The van der Waals surface area contributed by atoms with Crippen LogP contribution < -0.4 is 26.0 Å². The van der Waals surface area contributed by atoms with Crippen molar-refractivity contribution in [1.29, 1.82) is 0 Å². The maximum atomic E-state index is 4.54. The molecule has 37 heavy (non-hydrogen) atoms. The van der Waals surface area contributed by atoms with Crippen LogP contribution in [0.1, 0.15) is 11.1 Å². The topological polar surface area (TPSA) is 93.1 Å². The molecule has 188 valence electrons. The van der Waals surface area contributed by atoms with Crippen LogP contribution in [0.5, 0.6) is 0 Å². The van der Waals surface area contributed by atoms with E-state index in [0.29, 0.717) is 17.6 Å². The van der Waals surface area contributed by atoms with Gasteiger partial charge in [-0.25, -0.2) is 5.43 Å². The molecule has 0 saturated carbocycles. The molecule has 0 radical (unpaired) electrons. The van der Waals surface area contributed by atoms with Crippen molar-refractivity contribution in [3.63, 3.8) is 0 Å². The number of rotatable bonds is 10. The molecule has 0 saturated heterocycles. The van der Waals surface area contributed by atoms with Crippen LogP contribution >= 0.6 is 0 Å². The number of benzene rings is 3. The number of nitrogens with one attached hydrogen (secondary N) is 3. The van der Waals surface area contributed by atoms with Gasteiger partial charge in [-0.1, -0.05) is 42.5 Å². The molecule has 4 aromatic rings.